The molecule has 7 heteroatoms. The van der Waals surface area contributed by atoms with Crippen molar-refractivity contribution in [2.75, 3.05) is 14.2 Å². The van der Waals surface area contributed by atoms with Gasteiger partial charge in [-0.05, 0) is 47.6 Å². The monoisotopic (exact) mass is 486 g/mol. The Labute approximate surface area is 204 Å². The predicted octanol–water partition coefficient (Wildman–Crippen LogP) is 4.40. The average molecular weight is 487 g/mol. The lowest BCUT2D eigenvalue weighted by Crippen LogP contribution is -2.39. The Bertz CT molecular complexity index is 1610. The molecule has 6 rings (SSSR count). The van der Waals surface area contributed by atoms with Crippen LogP contribution in [0.5, 0.6) is 11.5 Å². The van der Waals surface area contributed by atoms with Gasteiger partial charge in [-0.3, -0.25) is 9.36 Å². The van der Waals surface area contributed by atoms with Crippen molar-refractivity contribution in [3.8, 4) is 11.5 Å². The molecule has 0 saturated carbocycles. The van der Waals surface area contributed by atoms with Gasteiger partial charge < -0.3 is 9.47 Å². The summed E-state index contributed by atoms with van der Waals surface area (Å²) in [5.41, 5.74) is 5.43. The molecule has 1 aliphatic heterocycles. The number of para-hydroxylation sites is 1. The van der Waals surface area contributed by atoms with Crippen LogP contribution in [0.2, 0.25) is 0 Å². The molecule has 3 heterocycles. The average Bonchev–Trinajstić information content (AvgIpc) is 3.50. The summed E-state index contributed by atoms with van der Waals surface area (Å²) in [6, 6.07) is 18.0. The smallest absolute Gasteiger partial charge is 0.271 e. The Morgan fingerprint density at radius 1 is 1.03 bits per heavy atom. The van der Waals surface area contributed by atoms with E-state index >= 15 is 0 Å². The quantitative estimate of drug-likeness (QED) is 0.430. The summed E-state index contributed by atoms with van der Waals surface area (Å²) in [6.45, 7) is 0. The maximum atomic E-state index is 13.8. The van der Waals surface area contributed by atoms with E-state index in [1.165, 1.54) is 16.9 Å². The van der Waals surface area contributed by atoms with Crippen molar-refractivity contribution in [3.05, 3.63) is 107 Å². The minimum atomic E-state index is -0.310. The van der Waals surface area contributed by atoms with Crippen LogP contribution < -0.4 is 24.4 Å². The van der Waals surface area contributed by atoms with E-state index < -0.39 is 0 Å². The number of hydrogen-bond donors (Lipinski definition) is 0. The molecule has 170 valence electrons. The molecule has 2 aliphatic rings. The summed E-state index contributed by atoms with van der Waals surface area (Å²) >= 11 is 3.06. The third-order valence-electron chi connectivity index (χ3n) is 6.42. The van der Waals surface area contributed by atoms with Crippen LogP contribution in [0.3, 0.4) is 0 Å². The van der Waals surface area contributed by atoms with Crippen LogP contribution in [0.4, 0.5) is 0 Å². The fourth-order valence-electron chi connectivity index (χ4n) is 4.93. The second-order valence-electron chi connectivity index (χ2n) is 8.21. The molecule has 0 amide bonds. The van der Waals surface area contributed by atoms with Gasteiger partial charge in [0.25, 0.3) is 5.56 Å². The molecule has 1 aliphatic carbocycles. The Morgan fingerprint density at radius 2 is 1.91 bits per heavy atom. The molecule has 1 atom stereocenters. The molecule has 0 spiro atoms. The third kappa shape index (κ3) is 3.27. The molecule has 2 aromatic heterocycles. The summed E-state index contributed by atoms with van der Waals surface area (Å²) in [5.74, 6) is 1.30. The van der Waals surface area contributed by atoms with Gasteiger partial charge in [-0.2, -0.15) is 0 Å². The lowest BCUT2D eigenvalue weighted by molar-refractivity contribution is 0.348. The van der Waals surface area contributed by atoms with E-state index in [4.69, 9.17) is 14.5 Å². The molecule has 0 radical (unpaired) electrons. The fraction of sp³-hybridized carbons (Fsp3) is 0.185. The second kappa shape index (κ2) is 8.42. The first-order chi connectivity index (χ1) is 16.7. The lowest BCUT2D eigenvalue weighted by Gasteiger charge is -2.31. The zero-order valence-corrected chi connectivity index (χ0v) is 20.4. The van der Waals surface area contributed by atoms with Crippen molar-refractivity contribution in [2.24, 2.45) is 4.99 Å². The van der Waals surface area contributed by atoms with E-state index in [0.717, 1.165) is 40.1 Å². The Hall–Kier alpha value is -3.42. The Balaban J connectivity index is 1.68. The number of allylic oxidation sites excluding steroid dienone is 1. The Morgan fingerprint density at radius 3 is 2.71 bits per heavy atom. The minimum absolute atomic E-state index is 0.0302. The normalized spacial score (nSPS) is 17.0. The van der Waals surface area contributed by atoms with Gasteiger partial charge in [-0.25, -0.2) is 4.99 Å². The first kappa shape index (κ1) is 21.1. The van der Waals surface area contributed by atoms with Gasteiger partial charge in [0, 0.05) is 16.0 Å². The number of rotatable bonds is 4. The topological polar surface area (TPSA) is 52.8 Å². The number of methoxy groups -OCH3 is 2. The first-order valence-corrected chi connectivity index (χ1v) is 12.8. The zero-order chi connectivity index (χ0) is 23.2. The largest absolute Gasteiger partial charge is 0.493 e. The van der Waals surface area contributed by atoms with E-state index in [1.807, 2.05) is 46.4 Å². The molecule has 0 N–H and O–H groups in total. The molecule has 4 aromatic rings. The molecule has 0 bridgehead atoms. The molecule has 2 aromatic carbocycles. The summed E-state index contributed by atoms with van der Waals surface area (Å²) in [6.07, 6.45) is 3.70. The van der Waals surface area contributed by atoms with Crippen molar-refractivity contribution < 1.29 is 9.47 Å². The van der Waals surface area contributed by atoms with E-state index in [1.54, 1.807) is 25.6 Å². The molecule has 5 nitrogen and oxygen atoms in total. The predicted molar refractivity (Wildman–Crippen MR) is 137 cm³/mol. The van der Waals surface area contributed by atoms with Crippen molar-refractivity contribution in [1.29, 1.82) is 0 Å². The standard InChI is InChI=1S/C27H22N2O3S2/c1-31-21-11-5-10-20(25(21)32-2)24-19-13-12-16-7-3-4-9-18(16)23(19)28-27-29(24)26(30)22(34-27)15-17-8-6-14-33-17/h3-11,14-15,24H,12-13H2,1-2H3/t24-/m1/s1. The molecule has 0 saturated heterocycles. The van der Waals surface area contributed by atoms with E-state index in [-0.39, 0.29) is 11.6 Å². The number of aryl methyl sites for hydroxylation is 1. The SMILES string of the molecule is COc1cccc([C@H]2C3=C(N=c4sc(=Cc5cccs5)c(=O)n42)c2ccccc2CC3)c1OC. The van der Waals surface area contributed by atoms with Gasteiger partial charge in [-0.1, -0.05) is 53.8 Å². The minimum Gasteiger partial charge on any atom is -0.493 e. The van der Waals surface area contributed by atoms with Gasteiger partial charge >= 0.3 is 0 Å². The van der Waals surface area contributed by atoms with Crippen LogP contribution in [-0.4, -0.2) is 18.8 Å². The number of ether oxygens (including phenoxy) is 2. The van der Waals surface area contributed by atoms with Crippen LogP contribution in [0.25, 0.3) is 11.8 Å². The molecule has 0 fully saturated rings. The van der Waals surface area contributed by atoms with Crippen LogP contribution in [0.15, 0.2) is 75.3 Å². The number of benzene rings is 2. The van der Waals surface area contributed by atoms with Gasteiger partial charge in [0.1, 0.15) is 0 Å². The van der Waals surface area contributed by atoms with Gasteiger partial charge in [-0.15, -0.1) is 11.3 Å². The van der Waals surface area contributed by atoms with Crippen LogP contribution >= 0.6 is 22.7 Å². The molecule has 0 unspecified atom stereocenters. The molecular formula is C27H22N2O3S2. The summed E-state index contributed by atoms with van der Waals surface area (Å²) < 4.78 is 13.9. The number of nitrogens with zero attached hydrogens (tertiary/aromatic N) is 2. The maximum absolute atomic E-state index is 13.8. The number of aromatic nitrogens is 1. The molecule has 34 heavy (non-hydrogen) atoms. The van der Waals surface area contributed by atoms with E-state index in [2.05, 4.69) is 24.3 Å². The highest BCUT2D eigenvalue weighted by molar-refractivity contribution is 7.11. The highest BCUT2D eigenvalue weighted by Gasteiger charge is 2.34. The third-order valence-corrected chi connectivity index (χ3v) is 8.22. The van der Waals surface area contributed by atoms with E-state index in [9.17, 15) is 4.79 Å². The second-order valence-corrected chi connectivity index (χ2v) is 10.2. The number of thiazole rings is 1. The molecular weight excluding hydrogens is 464 g/mol. The zero-order valence-electron chi connectivity index (χ0n) is 18.8. The fourth-order valence-corrected chi connectivity index (χ4v) is 6.65. The van der Waals surface area contributed by atoms with Crippen LogP contribution in [0, 0.1) is 0 Å². The van der Waals surface area contributed by atoms with Crippen molar-refractivity contribution in [3.63, 3.8) is 0 Å². The van der Waals surface area contributed by atoms with Crippen LogP contribution in [0.1, 0.15) is 34.0 Å². The van der Waals surface area contributed by atoms with Gasteiger partial charge in [0.15, 0.2) is 16.3 Å². The van der Waals surface area contributed by atoms with Crippen molar-refractivity contribution >= 4 is 34.4 Å². The number of fused-ring (bicyclic) bond motifs is 3. The van der Waals surface area contributed by atoms with Gasteiger partial charge in [0.05, 0.1) is 30.5 Å². The lowest BCUT2D eigenvalue weighted by atomic mass is 9.83. The van der Waals surface area contributed by atoms with Crippen molar-refractivity contribution in [1.82, 2.24) is 4.57 Å². The summed E-state index contributed by atoms with van der Waals surface area (Å²) in [7, 11) is 3.28. The summed E-state index contributed by atoms with van der Waals surface area (Å²) in [5, 5.41) is 2.02. The highest BCUT2D eigenvalue weighted by Crippen LogP contribution is 2.45. The number of hydrogen-bond acceptors (Lipinski definition) is 6. The Kier molecular flexibility index (Phi) is 5.23. The van der Waals surface area contributed by atoms with Crippen molar-refractivity contribution in [2.45, 2.75) is 18.9 Å². The summed E-state index contributed by atoms with van der Waals surface area (Å²) in [4.78, 5) is 20.6. The first-order valence-electron chi connectivity index (χ1n) is 11.1. The van der Waals surface area contributed by atoms with Crippen LogP contribution in [-0.2, 0) is 6.42 Å². The maximum Gasteiger partial charge on any atom is 0.271 e. The van der Waals surface area contributed by atoms with Gasteiger partial charge in [0.2, 0.25) is 0 Å². The van der Waals surface area contributed by atoms with E-state index in [0.29, 0.717) is 20.8 Å². The number of thiophene rings is 1. The highest BCUT2D eigenvalue weighted by atomic mass is 32.1.